The van der Waals surface area contributed by atoms with Crippen molar-refractivity contribution in [3.63, 3.8) is 0 Å². The lowest BCUT2D eigenvalue weighted by Crippen LogP contribution is -2.11. The topological polar surface area (TPSA) is 49.3 Å². The van der Waals surface area contributed by atoms with E-state index in [9.17, 15) is 9.90 Å². The van der Waals surface area contributed by atoms with Gasteiger partial charge in [-0.2, -0.15) is 0 Å². The number of para-hydroxylation sites is 1. The minimum Gasteiger partial charge on any atom is -0.392 e. The minimum absolute atomic E-state index is 0.0832. The molecule has 3 nitrogen and oxygen atoms in total. The molecule has 0 aliphatic carbocycles. The molecule has 1 aromatic carbocycles. The fraction of sp³-hybridized carbons (Fsp3) is 0.267. The van der Waals surface area contributed by atoms with Gasteiger partial charge < -0.3 is 10.4 Å². The molecule has 0 bridgehead atoms. The van der Waals surface area contributed by atoms with E-state index in [0.717, 1.165) is 17.5 Å². The van der Waals surface area contributed by atoms with Crippen LogP contribution in [0.2, 0.25) is 0 Å². The number of benzene rings is 1. The molecule has 0 radical (unpaired) electrons. The molecule has 0 aliphatic heterocycles. The molecule has 100 valence electrons. The van der Waals surface area contributed by atoms with Crippen molar-refractivity contribution < 1.29 is 9.90 Å². The van der Waals surface area contributed by atoms with Crippen molar-refractivity contribution in [2.24, 2.45) is 0 Å². The van der Waals surface area contributed by atoms with E-state index in [4.69, 9.17) is 0 Å². The number of aliphatic hydroxyl groups excluding tert-OH is 1. The van der Waals surface area contributed by atoms with E-state index >= 15 is 0 Å². The first kappa shape index (κ1) is 13.8. The Balaban J connectivity index is 2.20. The van der Waals surface area contributed by atoms with Gasteiger partial charge in [-0.25, -0.2) is 0 Å². The number of nitrogens with one attached hydrogen (secondary N) is 1. The van der Waals surface area contributed by atoms with Gasteiger partial charge in [0.25, 0.3) is 5.91 Å². The number of carbonyl (C=O) groups is 1. The van der Waals surface area contributed by atoms with E-state index in [0.29, 0.717) is 10.6 Å². The highest BCUT2D eigenvalue weighted by Gasteiger charge is 2.13. The van der Waals surface area contributed by atoms with Crippen molar-refractivity contribution in [1.29, 1.82) is 0 Å². The van der Waals surface area contributed by atoms with Gasteiger partial charge in [0.2, 0.25) is 0 Å². The molecular weight excluding hydrogens is 258 g/mol. The van der Waals surface area contributed by atoms with E-state index < -0.39 is 0 Å². The zero-order valence-corrected chi connectivity index (χ0v) is 11.9. The van der Waals surface area contributed by atoms with Gasteiger partial charge >= 0.3 is 0 Å². The van der Waals surface area contributed by atoms with Gasteiger partial charge in [-0.05, 0) is 31.0 Å². The fourth-order valence-corrected chi connectivity index (χ4v) is 2.96. The monoisotopic (exact) mass is 275 g/mol. The normalized spacial score (nSPS) is 10.5. The maximum atomic E-state index is 12.2. The first-order chi connectivity index (χ1) is 9.15. The number of thiophene rings is 1. The summed E-state index contributed by atoms with van der Waals surface area (Å²) in [5.41, 5.74) is 2.55. The Bertz CT molecular complexity index is 590. The van der Waals surface area contributed by atoms with Crippen LogP contribution in [0.5, 0.6) is 0 Å². The number of aliphatic hydroxyl groups is 1. The van der Waals surface area contributed by atoms with Crippen molar-refractivity contribution in [3.8, 4) is 0 Å². The third-order valence-electron chi connectivity index (χ3n) is 3.00. The van der Waals surface area contributed by atoms with Gasteiger partial charge in [-0.15, -0.1) is 11.3 Å². The molecule has 4 heteroatoms. The largest absolute Gasteiger partial charge is 0.392 e. The molecule has 0 saturated heterocycles. The van der Waals surface area contributed by atoms with Crippen molar-refractivity contribution in [2.45, 2.75) is 26.9 Å². The lowest BCUT2D eigenvalue weighted by Gasteiger charge is -2.07. The smallest absolute Gasteiger partial charge is 0.265 e. The molecular formula is C15H17NO2S. The van der Waals surface area contributed by atoms with Crippen molar-refractivity contribution in [1.82, 2.24) is 0 Å². The molecule has 2 rings (SSSR count). The number of carbonyl (C=O) groups excluding carboxylic acids is 1. The number of aryl methyl sites for hydroxylation is 2. The first-order valence-electron chi connectivity index (χ1n) is 6.25. The zero-order chi connectivity index (χ0) is 13.8. The summed E-state index contributed by atoms with van der Waals surface area (Å²) < 4.78 is 0. The SMILES string of the molecule is CCc1sc(C(=O)Nc2ccccc2CO)cc1C. The second-order valence-corrected chi connectivity index (χ2v) is 5.48. The third-order valence-corrected chi connectivity index (χ3v) is 4.38. The third kappa shape index (κ3) is 3.03. The highest BCUT2D eigenvalue weighted by Crippen LogP contribution is 2.24. The van der Waals surface area contributed by atoms with Crippen LogP contribution in [-0.4, -0.2) is 11.0 Å². The molecule has 1 aromatic heterocycles. The lowest BCUT2D eigenvalue weighted by molar-refractivity contribution is 0.103. The van der Waals surface area contributed by atoms with Gasteiger partial charge in [0.05, 0.1) is 11.5 Å². The Morgan fingerprint density at radius 2 is 2.11 bits per heavy atom. The van der Waals surface area contributed by atoms with Crippen LogP contribution < -0.4 is 5.32 Å². The predicted octanol–water partition coefficient (Wildman–Crippen LogP) is 3.36. The maximum Gasteiger partial charge on any atom is 0.265 e. The molecule has 2 aromatic rings. The number of anilines is 1. The molecule has 1 heterocycles. The van der Waals surface area contributed by atoms with Gasteiger partial charge in [-0.1, -0.05) is 25.1 Å². The van der Waals surface area contributed by atoms with E-state index in [-0.39, 0.29) is 12.5 Å². The molecule has 1 amide bonds. The van der Waals surface area contributed by atoms with E-state index in [1.54, 1.807) is 12.1 Å². The van der Waals surface area contributed by atoms with Gasteiger partial charge in [-0.3, -0.25) is 4.79 Å². The summed E-state index contributed by atoms with van der Waals surface area (Å²) in [5.74, 6) is -0.117. The summed E-state index contributed by atoms with van der Waals surface area (Å²) in [4.78, 5) is 14.1. The first-order valence-corrected chi connectivity index (χ1v) is 7.06. The Labute approximate surface area is 116 Å². The second-order valence-electron chi connectivity index (χ2n) is 4.34. The van der Waals surface area contributed by atoms with Crippen LogP contribution in [0.25, 0.3) is 0 Å². The standard InChI is InChI=1S/C15H17NO2S/c1-3-13-10(2)8-14(19-13)15(18)16-12-7-5-4-6-11(12)9-17/h4-8,17H,3,9H2,1-2H3,(H,16,18). The summed E-state index contributed by atoms with van der Waals surface area (Å²) in [6, 6.07) is 9.19. The van der Waals surface area contributed by atoms with Gasteiger partial charge in [0, 0.05) is 16.1 Å². The predicted molar refractivity (Wildman–Crippen MR) is 78.8 cm³/mol. The van der Waals surface area contributed by atoms with Crippen LogP contribution >= 0.6 is 11.3 Å². The van der Waals surface area contributed by atoms with Crippen LogP contribution in [0, 0.1) is 6.92 Å². The lowest BCUT2D eigenvalue weighted by atomic mass is 10.2. The Morgan fingerprint density at radius 3 is 2.74 bits per heavy atom. The average molecular weight is 275 g/mol. The second kappa shape index (κ2) is 5.99. The van der Waals surface area contributed by atoms with E-state index in [1.165, 1.54) is 16.2 Å². The summed E-state index contributed by atoms with van der Waals surface area (Å²) in [5, 5.41) is 12.1. The highest BCUT2D eigenvalue weighted by atomic mass is 32.1. The summed E-state index contributed by atoms with van der Waals surface area (Å²) >= 11 is 1.53. The van der Waals surface area contributed by atoms with Gasteiger partial charge in [0.1, 0.15) is 0 Å². The van der Waals surface area contributed by atoms with Crippen molar-refractivity contribution in [2.75, 3.05) is 5.32 Å². The maximum absolute atomic E-state index is 12.2. The molecule has 19 heavy (non-hydrogen) atoms. The number of amides is 1. The summed E-state index contributed by atoms with van der Waals surface area (Å²) in [7, 11) is 0. The quantitative estimate of drug-likeness (QED) is 0.899. The molecule has 0 spiro atoms. The number of rotatable bonds is 4. The van der Waals surface area contributed by atoms with E-state index in [2.05, 4.69) is 12.2 Å². The molecule has 0 fully saturated rings. The average Bonchev–Trinajstić information content (AvgIpc) is 2.80. The summed E-state index contributed by atoms with van der Waals surface area (Å²) in [6.45, 7) is 4.02. The zero-order valence-electron chi connectivity index (χ0n) is 11.1. The molecule has 0 aliphatic rings. The van der Waals surface area contributed by atoms with Gasteiger partial charge in [0.15, 0.2) is 0 Å². The van der Waals surface area contributed by atoms with Crippen LogP contribution in [0.1, 0.15) is 32.6 Å². The van der Waals surface area contributed by atoms with Crippen LogP contribution in [0.3, 0.4) is 0 Å². The Morgan fingerprint density at radius 1 is 1.37 bits per heavy atom. The van der Waals surface area contributed by atoms with Crippen molar-refractivity contribution >= 4 is 22.9 Å². The number of hydrogen-bond donors (Lipinski definition) is 2. The molecule has 0 atom stereocenters. The van der Waals surface area contributed by atoms with Crippen LogP contribution in [0.4, 0.5) is 5.69 Å². The molecule has 0 unspecified atom stereocenters. The van der Waals surface area contributed by atoms with Crippen LogP contribution in [-0.2, 0) is 13.0 Å². The summed E-state index contributed by atoms with van der Waals surface area (Å²) in [6.07, 6.45) is 0.941. The number of hydrogen-bond acceptors (Lipinski definition) is 3. The Kier molecular flexibility index (Phi) is 4.35. The van der Waals surface area contributed by atoms with Crippen LogP contribution in [0.15, 0.2) is 30.3 Å². The molecule has 0 saturated carbocycles. The van der Waals surface area contributed by atoms with E-state index in [1.807, 2.05) is 25.1 Å². The molecule has 2 N–H and O–H groups in total. The van der Waals surface area contributed by atoms with Crippen molar-refractivity contribution in [3.05, 3.63) is 51.2 Å². The Hall–Kier alpha value is -1.65. The minimum atomic E-state index is -0.117. The highest BCUT2D eigenvalue weighted by molar-refractivity contribution is 7.14. The fourth-order valence-electron chi connectivity index (χ4n) is 1.95.